The van der Waals surface area contributed by atoms with Crippen molar-refractivity contribution in [3.05, 3.63) is 35.4 Å². The third-order valence-electron chi connectivity index (χ3n) is 4.04. The molecule has 22 heavy (non-hydrogen) atoms. The van der Waals surface area contributed by atoms with E-state index < -0.39 is 17.8 Å². The van der Waals surface area contributed by atoms with Gasteiger partial charge in [-0.3, -0.25) is 10.2 Å². The molecule has 122 valence electrons. The molecule has 0 aromatic heterocycles. The van der Waals surface area contributed by atoms with Crippen molar-refractivity contribution in [2.45, 2.75) is 57.8 Å². The van der Waals surface area contributed by atoms with Crippen LogP contribution in [0, 0.1) is 0 Å². The fourth-order valence-corrected chi connectivity index (χ4v) is 2.79. The number of alkyl halides is 3. The van der Waals surface area contributed by atoms with Crippen molar-refractivity contribution in [3.8, 4) is 0 Å². The second kappa shape index (κ2) is 5.91. The SMILES string of the molecule is CCc1ccc(CC(N2NC(=O)CC2(C)C)C(F)(F)F)cc1. The van der Waals surface area contributed by atoms with Gasteiger partial charge in [0, 0.05) is 12.0 Å². The van der Waals surface area contributed by atoms with E-state index in [9.17, 15) is 18.0 Å². The molecule has 0 saturated carbocycles. The van der Waals surface area contributed by atoms with Crippen molar-refractivity contribution in [2.75, 3.05) is 0 Å². The van der Waals surface area contributed by atoms with E-state index in [2.05, 4.69) is 5.43 Å². The Kier molecular flexibility index (Phi) is 4.52. The Bertz CT molecular complexity index is 537. The van der Waals surface area contributed by atoms with Crippen LogP contribution in [0.3, 0.4) is 0 Å². The van der Waals surface area contributed by atoms with Crippen LogP contribution in [0.5, 0.6) is 0 Å². The van der Waals surface area contributed by atoms with Crippen LogP contribution in [-0.4, -0.2) is 28.7 Å². The molecule has 1 fully saturated rings. The molecule has 1 amide bonds. The molecule has 1 aromatic carbocycles. The minimum Gasteiger partial charge on any atom is -0.288 e. The lowest BCUT2D eigenvalue weighted by Crippen LogP contribution is -2.57. The monoisotopic (exact) mass is 314 g/mol. The van der Waals surface area contributed by atoms with Crippen LogP contribution >= 0.6 is 0 Å². The number of carbonyl (C=O) groups excluding carboxylic acids is 1. The fraction of sp³-hybridized carbons (Fsp3) is 0.562. The number of hydrogen-bond acceptors (Lipinski definition) is 2. The normalized spacial score (nSPS) is 20.0. The van der Waals surface area contributed by atoms with Gasteiger partial charge in [0.25, 0.3) is 0 Å². The van der Waals surface area contributed by atoms with Crippen LogP contribution < -0.4 is 5.43 Å². The molecule has 1 aromatic rings. The Balaban J connectivity index is 2.25. The summed E-state index contributed by atoms with van der Waals surface area (Å²) >= 11 is 0. The third kappa shape index (κ3) is 3.61. The van der Waals surface area contributed by atoms with Crippen molar-refractivity contribution in [3.63, 3.8) is 0 Å². The summed E-state index contributed by atoms with van der Waals surface area (Å²) < 4.78 is 40.4. The number of nitrogens with zero attached hydrogens (tertiary/aromatic N) is 1. The topological polar surface area (TPSA) is 32.3 Å². The average Bonchev–Trinajstić information content (AvgIpc) is 2.68. The summed E-state index contributed by atoms with van der Waals surface area (Å²) in [6.07, 6.45) is -3.69. The maximum absolute atomic E-state index is 13.5. The third-order valence-corrected chi connectivity index (χ3v) is 4.04. The van der Waals surface area contributed by atoms with Gasteiger partial charge in [-0.05, 0) is 37.8 Å². The molecule has 0 radical (unpaired) electrons. The summed E-state index contributed by atoms with van der Waals surface area (Å²) in [5.74, 6) is -0.374. The Hall–Kier alpha value is -1.56. The van der Waals surface area contributed by atoms with E-state index in [0.717, 1.165) is 17.0 Å². The van der Waals surface area contributed by atoms with Crippen LogP contribution in [0.1, 0.15) is 38.3 Å². The highest BCUT2D eigenvalue weighted by molar-refractivity contribution is 5.78. The number of amides is 1. The molecule has 0 aliphatic carbocycles. The van der Waals surface area contributed by atoms with E-state index in [1.165, 1.54) is 0 Å². The summed E-state index contributed by atoms with van der Waals surface area (Å²) in [7, 11) is 0. The molecule has 1 aliphatic heterocycles. The number of hydrazine groups is 1. The Morgan fingerprint density at radius 3 is 2.18 bits per heavy atom. The van der Waals surface area contributed by atoms with Gasteiger partial charge in [0.15, 0.2) is 0 Å². The quantitative estimate of drug-likeness (QED) is 0.925. The van der Waals surface area contributed by atoms with Gasteiger partial charge in [0.1, 0.15) is 6.04 Å². The van der Waals surface area contributed by atoms with E-state index >= 15 is 0 Å². The highest BCUT2D eigenvalue weighted by Gasteiger charge is 2.51. The summed E-state index contributed by atoms with van der Waals surface area (Å²) in [6.45, 7) is 5.28. The molecule has 1 atom stereocenters. The Morgan fingerprint density at radius 1 is 1.23 bits per heavy atom. The van der Waals surface area contributed by atoms with E-state index in [1.807, 2.05) is 19.1 Å². The number of halogens is 3. The molecule has 1 saturated heterocycles. The predicted molar refractivity (Wildman–Crippen MR) is 78.0 cm³/mol. The Morgan fingerprint density at radius 2 is 1.77 bits per heavy atom. The van der Waals surface area contributed by atoms with Crippen LogP contribution in [-0.2, 0) is 17.6 Å². The highest BCUT2D eigenvalue weighted by atomic mass is 19.4. The van der Waals surface area contributed by atoms with Gasteiger partial charge in [-0.2, -0.15) is 13.2 Å². The first-order valence-corrected chi connectivity index (χ1v) is 7.37. The molecule has 1 N–H and O–H groups in total. The van der Waals surface area contributed by atoms with Gasteiger partial charge in [-0.15, -0.1) is 0 Å². The maximum Gasteiger partial charge on any atom is 0.406 e. The zero-order valence-corrected chi connectivity index (χ0v) is 13.0. The first kappa shape index (κ1) is 16.8. The molecule has 3 nitrogen and oxygen atoms in total. The molecule has 1 heterocycles. The van der Waals surface area contributed by atoms with Crippen LogP contribution in [0.2, 0.25) is 0 Å². The van der Waals surface area contributed by atoms with Crippen LogP contribution in [0.25, 0.3) is 0 Å². The molecule has 1 aliphatic rings. The first-order chi connectivity index (χ1) is 10.1. The van der Waals surface area contributed by atoms with Crippen LogP contribution in [0.4, 0.5) is 13.2 Å². The second-order valence-corrected chi connectivity index (χ2v) is 6.33. The van der Waals surface area contributed by atoms with Crippen molar-refractivity contribution in [2.24, 2.45) is 0 Å². The summed E-state index contributed by atoms with van der Waals surface area (Å²) in [6, 6.07) is 5.40. The molecule has 0 bridgehead atoms. The molecule has 6 heteroatoms. The van der Waals surface area contributed by atoms with Gasteiger partial charge in [-0.1, -0.05) is 31.2 Å². The van der Waals surface area contributed by atoms with E-state index in [-0.39, 0.29) is 18.7 Å². The van der Waals surface area contributed by atoms with Crippen molar-refractivity contribution in [1.29, 1.82) is 0 Å². The smallest absolute Gasteiger partial charge is 0.288 e. The molecule has 2 rings (SSSR count). The van der Waals surface area contributed by atoms with Gasteiger partial charge >= 0.3 is 6.18 Å². The summed E-state index contributed by atoms with van der Waals surface area (Å²) in [4.78, 5) is 11.5. The number of aryl methyl sites for hydroxylation is 1. The molecular weight excluding hydrogens is 293 g/mol. The van der Waals surface area contributed by atoms with E-state index in [0.29, 0.717) is 5.56 Å². The van der Waals surface area contributed by atoms with Crippen molar-refractivity contribution in [1.82, 2.24) is 10.4 Å². The standard InChI is InChI=1S/C16H21F3N2O/c1-4-11-5-7-12(8-6-11)9-13(16(17,18)19)21-15(2,3)10-14(22)20-21/h5-8,13H,4,9-10H2,1-3H3,(H,20,22). The van der Waals surface area contributed by atoms with Gasteiger partial charge in [0.05, 0.1) is 0 Å². The number of benzene rings is 1. The lowest BCUT2D eigenvalue weighted by molar-refractivity contribution is -0.200. The highest BCUT2D eigenvalue weighted by Crippen LogP contribution is 2.34. The van der Waals surface area contributed by atoms with Gasteiger partial charge < -0.3 is 0 Å². The zero-order valence-electron chi connectivity index (χ0n) is 13.0. The summed E-state index contributed by atoms with van der Waals surface area (Å²) in [5, 5.41) is 1.06. The van der Waals surface area contributed by atoms with Crippen LogP contribution in [0.15, 0.2) is 24.3 Å². The van der Waals surface area contributed by atoms with Crippen molar-refractivity contribution >= 4 is 5.91 Å². The number of nitrogens with one attached hydrogen (secondary N) is 1. The predicted octanol–water partition coefficient (Wildman–Crippen LogP) is 3.24. The van der Waals surface area contributed by atoms with Gasteiger partial charge in [-0.25, -0.2) is 5.01 Å². The summed E-state index contributed by atoms with van der Waals surface area (Å²) in [5.41, 5.74) is 3.20. The second-order valence-electron chi connectivity index (χ2n) is 6.33. The molecular formula is C16H21F3N2O. The maximum atomic E-state index is 13.5. The van der Waals surface area contributed by atoms with Gasteiger partial charge in [0.2, 0.25) is 5.91 Å². The minimum absolute atomic E-state index is 0.0638. The largest absolute Gasteiger partial charge is 0.406 e. The number of carbonyl (C=O) groups is 1. The number of hydrogen-bond donors (Lipinski definition) is 1. The van der Waals surface area contributed by atoms with E-state index in [4.69, 9.17) is 0 Å². The Labute approximate surface area is 128 Å². The van der Waals surface area contributed by atoms with Crippen molar-refractivity contribution < 1.29 is 18.0 Å². The zero-order chi connectivity index (χ0) is 16.5. The number of rotatable bonds is 4. The van der Waals surface area contributed by atoms with E-state index in [1.54, 1.807) is 26.0 Å². The molecule has 1 unspecified atom stereocenters. The molecule has 0 spiro atoms. The fourth-order valence-electron chi connectivity index (χ4n) is 2.79. The average molecular weight is 314 g/mol. The minimum atomic E-state index is -4.42. The lowest BCUT2D eigenvalue weighted by atomic mass is 9.96. The lowest BCUT2D eigenvalue weighted by Gasteiger charge is -2.37. The first-order valence-electron chi connectivity index (χ1n) is 7.37.